The highest BCUT2D eigenvalue weighted by molar-refractivity contribution is 7.11. The van der Waals surface area contributed by atoms with Crippen molar-refractivity contribution in [2.24, 2.45) is 0 Å². The highest BCUT2D eigenvalue weighted by Gasteiger charge is 2.02. The van der Waals surface area contributed by atoms with Crippen LogP contribution in [0.2, 0.25) is 0 Å². The first-order valence-corrected chi connectivity index (χ1v) is 5.92. The number of aryl methyl sites for hydroxylation is 1. The van der Waals surface area contributed by atoms with Gasteiger partial charge in [0, 0.05) is 11.1 Å². The van der Waals surface area contributed by atoms with Crippen LogP contribution < -0.4 is 10.6 Å². The van der Waals surface area contributed by atoms with Crippen molar-refractivity contribution < 1.29 is 4.79 Å². The fourth-order valence-corrected chi connectivity index (χ4v) is 1.83. The van der Waals surface area contributed by atoms with E-state index in [1.165, 1.54) is 4.88 Å². The van der Waals surface area contributed by atoms with Gasteiger partial charge in [0.15, 0.2) is 0 Å². The van der Waals surface area contributed by atoms with E-state index in [-0.39, 0.29) is 5.91 Å². The van der Waals surface area contributed by atoms with Gasteiger partial charge < -0.3 is 10.6 Å². The fourth-order valence-electron chi connectivity index (χ4n) is 1.10. The molecular formula is C10H17N3OS. The molecule has 84 valence electrons. The van der Waals surface area contributed by atoms with Gasteiger partial charge in [-0.2, -0.15) is 0 Å². The standard InChI is InChI=1S/C10H17N3OS/c1-3-4-11-6-9(14)12-7-10-13-5-8(2)15-10/h5,11H,3-4,6-7H2,1-2H3,(H,12,14). The number of hydrogen-bond donors (Lipinski definition) is 2. The fraction of sp³-hybridized carbons (Fsp3) is 0.600. The van der Waals surface area contributed by atoms with Crippen LogP contribution in [0.15, 0.2) is 6.20 Å². The Labute approximate surface area is 94.1 Å². The van der Waals surface area contributed by atoms with Gasteiger partial charge in [0.1, 0.15) is 5.01 Å². The summed E-state index contributed by atoms with van der Waals surface area (Å²) in [5, 5.41) is 6.82. The number of carbonyl (C=O) groups is 1. The molecule has 2 N–H and O–H groups in total. The number of aromatic nitrogens is 1. The summed E-state index contributed by atoms with van der Waals surface area (Å²) >= 11 is 1.61. The molecule has 1 heterocycles. The van der Waals surface area contributed by atoms with Crippen LogP contribution in [0.3, 0.4) is 0 Å². The summed E-state index contributed by atoms with van der Waals surface area (Å²) in [4.78, 5) is 16.6. The predicted molar refractivity (Wildman–Crippen MR) is 61.9 cm³/mol. The number of rotatable bonds is 6. The zero-order valence-corrected chi connectivity index (χ0v) is 9.99. The van der Waals surface area contributed by atoms with Crippen molar-refractivity contribution in [1.29, 1.82) is 0 Å². The van der Waals surface area contributed by atoms with Gasteiger partial charge in [-0.25, -0.2) is 4.98 Å². The number of amides is 1. The van der Waals surface area contributed by atoms with Crippen LogP contribution in [0.4, 0.5) is 0 Å². The number of carbonyl (C=O) groups excluding carboxylic acids is 1. The molecule has 0 radical (unpaired) electrons. The predicted octanol–water partition coefficient (Wildman–Crippen LogP) is 1.07. The summed E-state index contributed by atoms with van der Waals surface area (Å²) in [6.07, 6.45) is 2.86. The van der Waals surface area contributed by atoms with E-state index >= 15 is 0 Å². The van der Waals surface area contributed by atoms with Gasteiger partial charge in [0.25, 0.3) is 0 Å². The highest BCUT2D eigenvalue weighted by atomic mass is 32.1. The molecule has 0 saturated heterocycles. The molecule has 0 bridgehead atoms. The lowest BCUT2D eigenvalue weighted by atomic mass is 10.4. The van der Waals surface area contributed by atoms with E-state index < -0.39 is 0 Å². The third-order valence-electron chi connectivity index (χ3n) is 1.82. The Morgan fingerprint density at radius 2 is 2.40 bits per heavy atom. The maximum atomic E-state index is 11.3. The number of hydrogen-bond acceptors (Lipinski definition) is 4. The molecule has 1 aromatic heterocycles. The zero-order valence-electron chi connectivity index (χ0n) is 9.17. The van der Waals surface area contributed by atoms with Gasteiger partial charge >= 0.3 is 0 Å². The molecule has 0 saturated carbocycles. The lowest BCUT2D eigenvalue weighted by Crippen LogP contribution is -2.33. The van der Waals surface area contributed by atoms with E-state index in [0.29, 0.717) is 13.1 Å². The van der Waals surface area contributed by atoms with Gasteiger partial charge in [-0.05, 0) is 19.9 Å². The van der Waals surface area contributed by atoms with Gasteiger partial charge in [-0.15, -0.1) is 11.3 Å². The van der Waals surface area contributed by atoms with Crippen LogP contribution >= 0.6 is 11.3 Å². The first kappa shape index (κ1) is 12.1. The molecule has 5 heteroatoms. The van der Waals surface area contributed by atoms with Crippen LogP contribution in [-0.4, -0.2) is 24.0 Å². The molecule has 1 amide bonds. The first-order valence-electron chi connectivity index (χ1n) is 5.11. The van der Waals surface area contributed by atoms with Gasteiger partial charge in [-0.3, -0.25) is 4.79 Å². The Kier molecular flexibility index (Phi) is 5.28. The van der Waals surface area contributed by atoms with E-state index in [0.717, 1.165) is 18.0 Å². The number of nitrogens with zero attached hydrogens (tertiary/aromatic N) is 1. The minimum absolute atomic E-state index is 0.0244. The van der Waals surface area contributed by atoms with Crippen molar-refractivity contribution in [3.63, 3.8) is 0 Å². The van der Waals surface area contributed by atoms with Crippen molar-refractivity contribution in [3.8, 4) is 0 Å². The van der Waals surface area contributed by atoms with Gasteiger partial charge in [-0.1, -0.05) is 6.92 Å². The molecule has 0 aliphatic rings. The summed E-state index contributed by atoms with van der Waals surface area (Å²) < 4.78 is 0. The molecule has 4 nitrogen and oxygen atoms in total. The van der Waals surface area contributed by atoms with E-state index in [4.69, 9.17) is 0 Å². The monoisotopic (exact) mass is 227 g/mol. The second-order valence-corrected chi connectivity index (χ2v) is 4.64. The molecule has 0 aromatic carbocycles. The molecule has 15 heavy (non-hydrogen) atoms. The third kappa shape index (κ3) is 4.90. The van der Waals surface area contributed by atoms with Crippen LogP contribution in [0.1, 0.15) is 23.2 Å². The Balaban J connectivity index is 2.16. The molecule has 0 aliphatic heterocycles. The maximum absolute atomic E-state index is 11.3. The van der Waals surface area contributed by atoms with E-state index in [1.54, 1.807) is 11.3 Å². The van der Waals surface area contributed by atoms with Crippen molar-refractivity contribution in [1.82, 2.24) is 15.6 Å². The van der Waals surface area contributed by atoms with Crippen molar-refractivity contribution in [2.45, 2.75) is 26.8 Å². The van der Waals surface area contributed by atoms with E-state index in [2.05, 4.69) is 22.5 Å². The van der Waals surface area contributed by atoms with Gasteiger partial charge in [0.05, 0.1) is 13.1 Å². The highest BCUT2D eigenvalue weighted by Crippen LogP contribution is 2.10. The van der Waals surface area contributed by atoms with Crippen LogP contribution in [0.25, 0.3) is 0 Å². The van der Waals surface area contributed by atoms with Crippen molar-refractivity contribution in [3.05, 3.63) is 16.1 Å². The second kappa shape index (κ2) is 6.53. The molecule has 0 spiro atoms. The summed E-state index contributed by atoms with van der Waals surface area (Å²) in [6.45, 7) is 5.88. The Bertz CT molecular complexity index is 311. The van der Waals surface area contributed by atoms with Crippen molar-refractivity contribution in [2.75, 3.05) is 13.1 Å². The number of thiazole rings is 1. The summed E-state index contributed by atoms with van der Waals surface area (Å²) in [6, 6.07) is 0. The largest absolute Gasteiger partial charge is 0.348 e. The van der Waals surface area contributed by atoms with Gasteiger partial charge in [0.2, 0.25) is 5.91 Å². The first-order chi connectivity index (χ1) is 7.22. The summed E-state index contributed by atoms with van der Waals surface area (Å²) in [5.41, 5.74) is 0. The Morgan fingerprint density at radius 3 is 3.00 bits per heavy atom. The quantitative estimate of drug-likeness (QED) is 0.715. The molecule has 0 fully saturated rings. The molecular weight excluding hydrogens is 210 g/mol. The van der Waals surface area contributed by atoms with Crippen LogP contribution in [0, 0.1) is 6.92 Å². The average Bonchev–Trinajstić information content (AvgIpc) is 2.62. The molecule has 1 rings (SSSR count). The second-order valence-electron chi connectivity index (χ2n) is 3.32. The zero-order chi connectivity index (χ0) is 11.1. The van der Waals surface area contributed by atoms with Crippen LogP contribution in [-0.2, 0) is 11.3 Å². The number of nitrogens with one attached hydrogen (secondary N) is 2. The van der Waals surface area contributed by atoms with E-state index in [1.807, 2.05) is 13.1 Å². The smallest absolute Gasteiger partial charge is 0.234 e. The molecule has 0 aliphatic carbocycles. The summed E-state index contributed by atoms with van der Waals surface area (Å²) in [7, 11) is 0. The maximum Gasteiger partial charge on any atom is 0.234 e. The summed E-state index contributed by atoms with van der Waals surface area (Å²) in [5.74, 6) is 0.0244. The van der Waals surface area contributed by atoms with E-state index in [9.17, 15) is 4.79 Å². The van der Waals surface area contributed by atoms with Crippen molar-refractivity contribution >= 4 is 17.2 Å². The minimum atomic E-state index is 0.0244. The Hall–Kier alpha value is -0.940. The Morgan fingerprint density at radius 1 is 1.60 bits per heavy atom. The lowest BCUT2D eigenvalue weighted by molar-refractivity contribution is -0.120. The average molecular weight is 227 g/mol. The topological polar surface area (TPSA) is 54.0 Å². The third-order valence-corrected chi connectivity index (χ3v) is 2.73. The van der Waals surface area contributed by atoms with Crippen LogP contribution in [0.5, 0.6) is 0 Å². The minimum Gasteiger partial charge on any atom is -0.348 e. The lowest BCUT2D eigenvalue weighted by Gasteiger charge is -2.03. The molecule has 1 aromatic rings. The SMILES string of the molecule is CCCNCC(=O)NCc1ncc(C)s1. The molecule has 0 atom stereocenters. The normalized spacial score (nSPS) is 10.3. The molecule has 0 unspecified atom stereocenters.